The van der Waals surface area contributed by atoms with Crippen LogP contribution in [-0.2, 0) is 19.6 Å². The minimum Gasteiger partial charge on any atom is -0.468 e. The maximum atomic E-state index is 12.4. The van der Waals surface area contributed by atoms with Gasteiger partial charge in [0.15, 0.2) is 0 Å². The van der Waals surface area contributed by atoms with E-state index in [1.807, 2.05) is 0 Å². The molecule has 2 atom stereocenters. The molecule has 1 heterocycles. The fourth-order valence-corrected chi connectivity index (χ4v) is 3.81. The van der Waals surface area contributed by atoms with E-state index in [0.29, 0.717) is 16.5 Å². The summed E-state index contributed by atoms with van der Waals surface area (Å²) < 4.78 is 36.0. The molecule has 0 aliphatic carbocycles. The Morgan fingerprint density at radius 2 is 1.62 bits per heavy atom. The third kappa shape index (κ3) is 3.38. The van der Waals surface area contributed by atoms with Crippen molar-refractivity contribution in [2.24, 2.45) is 0 Å². The van der Waals surface area contributed by atoms with Gasteiger partial charge in [-0.3, -0.25) is 4.79 Å². The summed E-state index contributed by atoms with van der Waals surface area (Å²) in [5.41, 5.74) is 0. The van der Waals surface area contributed by atoms with Gasteiger partial charge >= 0.3 is 5.97 Å². The van der Waals surface area contributed by atoms with Crippen molar-refractivity contribution in [3.05, 3.63) is 53.6 Å². The Hall–Kier alpha value is -2.09. The van der Waals surface area contributed by atoms with Crippen LogP contribution in [0.1, 0.15) is 0 Å². The summed E-state index contributed by atoms with van der Waals surface area (Å²) in [6.45, 7) is 0.137. The highest BCUT2D eigenvalue weighted by molar-refractivity contribution is 7.89. The van der Waals surface area contributed by atoms with Crippen LogP contribution in [0, 0.1) is 0 Å². The lowest BCUT2D eigenvalue weighted by Gasteiger charge is -2.08. The largest absolute Gasteiger partial charge is 0.468 e. The normalized spacial score (nSPS) is 19.6. The average Bonchev–Trinajstić information content (AvgIpc) is 3.38. The van der Waals surface area contributed by atoms with Gasteiger partial charge < -0.3 is 9.47 Å². The van der Waals surface area contributed by atoms with Crippen LogP contribution in [0.3, 0.4) is 0 Å². The first-order chi connectivity index (χ1) is 11.4. The number of nitrogens with zero attached hydrogens (tertiary/aromatic N) is 1. The van der Waals surface area contributed by atoms with E-state index >= 15 is 0 Å². The Balaban J connectivity index is 1.72. The second kappa shape index (κ2) is 6.43. The van der Waals surface area contributed by atoms with E-state index in [-0.39, 0.29) is 11.4 Å². The molecule has 6 nitrogen and oxygen atoms in total. The molecule has 0 N–H and O–H groups in total. The van der Waals surface area contributed by atoms with Crippen molar-refractivity contribution < 1.29 is 22.7 Å². The van der Waals surface area contributed by atoms with Crippen molar-refractivity contribution in [1.82, 2.24) is 4.31 Å². The molecule has 1 aliphatic rings. The molecule has 0 bridgehead atoms. The van der Waals surface area contributed by atoms with Crippen LogP contribution < -0.4 is 4.74 Å². The number of halogens is 1. The molecule has 1 aliphatic heterocycles. The number of hydrogen-bond acceptors (Lipinski definition) is 5. The van der Waals surface area contributed by atoms with Crippen molar-refractivity contribution >= 4 is 27.6 Å². The van der Waals surface area contributed by atoms with E-state index in [4.69, 9.17) is 16.3 Å². The van der Waals surface area contributed by atoms with E-state index in [9.17, 15) is 13.2 Å². The number of methoxy groups -OCH3 is 1. The summed E-state index contributed by atoms with van der Waals surface area (Å²) in [4.78, 5) is 11.5. The summed E-state index contributed by atoms with van der Waals surface area (Å²) in [6.07, 6.45) is 0. The molecule has 0 amide bonds. The summed E-state index contributed by atoms with van der Waals surface area (Å²) >= 11 is 5.81. The molecule has 0 saturated carbocycles. The highest BCUT2D eigenvalue weighted by Crippen LogP contribution is 2.30. The first-order valence-electron chi connectivity index (χ1n) is 7.05. The van der Waals surface area contributed by atoms with E-state index in [0.717, 1.165) is 4.31 Å². The Bertz CT molecular complexity index is 849. The molecule has 2 aromatic carbocycles. The lowest BCUT2D eigenvalue weighted by Crippen LogP contribution is -2.20. The van der Waals surface area contributed by atoms with Crippen LogP contribution in [-0.4, -0.2) is 38.4 Å². The van der Waals surface area contributed by atoms with Crippen LogP contribution in [0.2, 0.25) is 5.02 Å². The predicted molar refractivity (Wildman–Crippen MR) is 87.7 cm³/mol. The number of sulfonamides is 1. The lowest BCUT2D eigenvalue weighted by atomic mass is 10.3. The van der Waals surface area contributed by atoms with Gasteiger partial charge in [0.2, 0.25) is 10.0 Å². The van der Waals surface area contributed by atoms with Crippen LogP contribution in [0.25, 0.3) is 0 Å². The zero-order chi connectivity index (χ0) is 17.3. The smallest absolute Gasteiger partial charge is 0.325 e. The number of esters is 1. The van der Waals surface area contributed by atoms with Crippen molar-refractivity contribution in [1.29, 1.82) is 0 Å². The van der Waals surface area contributed by atoms with E-state index < -0.39 is 22.0 Å². The topological polar surface area (TPSA) is 72.7 Å². The molecule has 126 valence electrons. The van der Waals surface area contributed by atoms with Gasteiger partial charge in [0.25, 0.3) is 0 Å². The van der Waals surface area contributed by atoms with E-state index in [2.05, 4.69) is 4.74 Å². The minimum atomic E-state index is -3.71. The quantitative estimate of drug-likeness (QED) is 0.600. The molecule has 0 aromatic heterocycles. The van der Waals surface area contributed by atoms with Gasteiger partial charge in [-0.25, -0.2) is 8.42 Å². The van der Waals surface area contributed by atoms with Crippen LogP contribution in [0.4, 0.5) is 0 Å². The first-order valence-corrected chi connectivity index (χ1v) is 8.87. The fraction of sp³-hybridized carbons (Fsp3) is 0.188. The SMILES string of the molecule is COC(=O)C1CN1S(=O)(=O)c1ccc(Oc2ccc(Cl)cc2)cc1. The van der Waals surface area contributed by atoms with Gasteiger partial charge in [-0.15, -0.1) is 0 Å². The summed E-state index contributed by atoms with van der Waals surface area (Å²) in [6, 6.07) is 12.1. The van der Waals surface area contributed by atoms with Crippen molar-refractivity contribution in [3.63, 3.8) is 0 Å². The zero-order valence-electron chi connectivity index (χ0n) is 12.7. The Morgan fingerprint density at radius 3 is 2.17 bits per heavy atom. The van der Waals surface area contributed by atoms with Crippen LogP contribution in [0.5, 0.6) is 11.5 Å². The lowest BCUT2D eigenvalue weighted by molar-refractivity contribution is -0.140. The Morgan fingerprint density at radius 1 is 1.08 bits per heavy atom. The predicted octanol–water partition coefficient (Wildman–Crippen LogP) is 2.68. The molecule has 0 spiro atoms. The minimum absolute atomic E-state index is 0.0948. The average molecular weight is 368 g/mol. The summed E-state index contributed by atoms with van der Waals surface area (Å²) in [7, 11) is -2.48. The molecule has 2 aromatic rings. The number of benzene rings is 2. The summed E-state index contributed by atoms with van der Waals surface area (Å²) in [5, 5.41) is 0.599. The Labute approximate surface area is 144 Å². The second-order valence-corrected chi connectivity index (χ2v) is 7.47. The van der Waals surface area contributed by atoms with Gasteiger partial charge in [0.05, 0.1) is 12.0 Å². The number of rotatable bonds is 5. The molecule has 0 radical (unpaired) electrons. The molecule has 8 heteroatoms. The van der Waals surface area contributed by atoms with Gasteiger partial charge in [-0.2, -0.15) is 4.31 Å². The highest BCUT2D eigenvalue weighted by atomic mass is 35.5. The number of ether oxygens (including phenoxy) is 2. The standard InChI is InChI=1S/C16H14ClNO5S/c1-22-16(19)15-10-18(15)24(20,21)14-8-6-13(7-9-14)23-12-4-2-11(17)3-5-12/h2-9,15H,10H2,1H3. The van der Waals surface area contributed by atoms with Crippen LogP contribution in [0.15, 0.2) is 53.4 Å². The summed E-state index contributed by atoms with van der Waals surface area (Å²) in [5.74, 6) is 0.527. The van der Waals surface area contributed by atoms with Gasteiger partial charge in [-0.05, 0) is 48.5 Å². The van der Waals surface area contributed by atoms with Gasteiger partial charge in [0.1, 0.15) is 17.5 Å². The monoisotopic (exact) mass is 367 g/mol. The molecule has 1 fully saturated rings. The third-order valence-electron chi connectivity index (χ3n) is 3.52. The molecule has 24 heavy (non-hydrogen) atoms. The van der Waals surface area contributed by atoms with Crippen molar-refractivity contribution in [3.8, 4) is 11.5 Å². The number of hydrogen-bond donors (Lipinski definition) is 0. The van der Waals surface area contributed by atoms with E-state index in [1.165, 1.54) is 19.2 Å². The highest BCUT2D eigenvalue weighted by Gasteiger charge is 2.50. The maximum Gasteiger partial charge on any atom is 0.325 e. The van der Waals surface area contributed by atoms with Crippen molar-refractivity contribution in [2.45, 2.75) is 10.9 Å². The molecule has 2 unspecified atom stereocenters. The number of carbonyl (C=O) groups is 1. The molecule has 1 saturated heterocycles. The fourth-order valence-electron chi connectivity index (χ4n) is 2.17. The third-order valence-corrected chi connectivity index (χ3v) is 5.66. The number of carbonyl (C=O) groups excluding carboxylic acids is 1. The first kappa shape index (κ1) is 16.8. The maximum absolute atomic E-state index is 12.4. The molecular formula is C16H14ClNO5S. The molecule has 3 rings (SSSR count). The zero-order valence-corrected chi connectivity index (χ0v) is 14.3. The van der Waals surface area contributed by atoms with Gasteiger partial charge in [0, 0.05) is 11.6 Å². The second-order valence-electron chi connectivity index (χ2n) is 5.14. The van der Waals surface area contributed by atoms with E-state index in [1.54, 1.807) is 36.4 Å². The Kier molecular flexibility index (Phi) is 4.49. The van der Waals surface area contributed by atoms with Gasteiger partial charge in [-0.1, -0.05) is 11.6 Å². The molecular weight excluding hydrogens is 354 g/mol. The van der Waals surface area contributed by atoms with Crippen molar-refractivity contribution in [2.75, 3.05) is 13.7 Å². The van der Waals surface area contributed by atoms with Crippen LogP contribution >= 0.6 is 11.6 Å².